The molecule has 1 aliphatic carbocycles. The molecular formula is C32H35N5O4. The van der Waals surface area contributed by atoms with E-state index in [-0.39, 0.29) is 11.9 Å². The van der Waals surface area contributed by atoms with Gasteiger partial charge in [0, 0.05) is 26.2 Å². The Bertz CT molecular complexity index is 1540. The molecule has 0 aliphatic heterocycles. The van der Waals surface area contributed by atoms with Crippen LogP contribution in [0, 0.1) is 6.92 Å². The first-order chi connectivity index (χ1) is 19.8. The van der Waals surface area contributed by atoms with Gasteiger partial charge in [0.2, 0.25) is 0 Å². The number of nitrogens with zero attached hydrogens (tertiary/aromatic N) is 4. The van der Waals surface area contributed by atoms with Gasteiger partial charge in [-0.2, -0.15) is 0 Å². The van der Waals surface area contributed by atoms with Gasteiger partial charge in [-0.05, 0) is 62.4 Å². The summed E-state index contributed by atoms with van der Waals surface area (Å²) in [7, 11) is 3.65. The van der Waals surface area contributed by atoms with Crippen LogP contribution < -0.4 is 5.32 Å². The zero-order chi connectivity index (χ0) is 29.1. The number of carbonyl (C=O) groups excluding carboxylic acids is 2. The maximum atomic E-state index is 12.9. The van der Waals surface area contributed by atoms with Crippen molar-refractivity contribution in [2.45, 2.75) is 39.0 Å². The van der Waals surface area contributed by atoms with Crippen LogP contribution >= 0.6 is 0 Å². The number of aryl methyl sites for hydroxylation is 1. The molecule has 5 rings (SSSR count). The number of pyridine rings is 1. The van der Waals surface area contributed by atoms with E-state index in [1.807, 2.05) is 83.4 Å². The lowest BCUT2D eigenvalue weighted by atomic mass is 9.93. The molecule has 1 aliphatic rings. The first-order valence-electron chi connectivity index (χ1n) is 13.9. The van der Waals surface area contributed by atoms with E-state index < -0.39 is 5.41 Å². The van der Waals surface area contributed by atoms with E-state index in [1.54, 1.807) is 28.2 Å². The van der Waals surface area contributed by atoms with Crippen molar-refractivity contribution in [3.63, 3.8) is 0 Å². The first kappa shape index (κ1) is 28.0. The highest BCUT2D eigenvalue weighted by molar-refractivity contribution is 5.92. The molecule has 0 saturated heterocycles. The largest absolute Gasteiger partial charge is 0.465 e. The summed E-state index contributed by atoms with van der Waals surface area (Å²) in [6.45, 7) is 6.54. The normalized spacial score (nSPS) is 13.6. The van der Waals surface area contributed by atoms with E-state index in [9.17, 15) is 9.59 Å². The molecule has 212 valence electrons. The van der Waals surface area contributed by atoms with E-state index in [2.05, 4.69) is 15.5 Å². The van der Waals surface area contributed by atoms with Gasteiger partial charge in [-0.1, -0.05) is 59.8 Å². The molecule has 9 heteroatoms. The molecular weight excluding hydrogens is 518 g/mol. The summed E-state index contributed by atoms with van der Waals surface area (Å²) < 4.78 is 11.0. The Kier molecular flexibility index (Phi) is 7.90. The van der Waals surface area contributed by atoms with Crippen molar-refractivity contribution in [1.82, 2.24) is 20.2 Å². The molecule has 0 radical (unpaired) electrons. The van der Waals surface area contributed by atoms with Gasteiger partial charge in [-0.15, -0.1) is 0 Å². The van der Waals surface area contributed by atoms with Crippen molar-refractivity contribution in [3.8, 4) is 22.5 Å². The SMILES string of the molecule is CCOC(=O)C1(c2ccc(-c3ccc(-c4onc(C)c4Nc4cccc(C(=O)N(CC)N(C)C)n4)cc3)cc2)CC1. The van der Waals surface area contributed by atoms with E-state index in [4.69, 9.17) is 9.26 Å². The van der Waals surface area contributed by atoms with Crippen LogP contribution in [-0.4, -0.2) is 59.3 Å². The lowest BCUT2D eigenvalue weighted by Gasteiger charge is -2.27. The number of amides is 1. The molecule has 0 spiro atoms. The van der Waals surface area contributed by atoms with E-state index >= 15 is 0 Å². The molecule has 0 unspecified atom stereocenters. The number of hydrogen-bond donors (Lipinski definition) is 1. The molecule has 1 N–H and O–H groups in total. The first-order valence-corrected chi connectivity index (χ1v) is 13.9. The van der Waals surface area contributed by atoms with Crippen molar-refractivity contribution in [1.29, 1.82) is 0 Å². The Morgan fingerprint density at radius 2 is 1.59 bits per heavy atom. The number of aromatic nitrogens is 2. The van der Waals surface area contributed by atoms with Crippen LogP contribution in [0.3, 0.4) is 0 Å². The molecule has 1 fully saturated rings. The van der Waals surface area contributed by atoms with Gasteiger partial charge in [0.1, 0.15) is 22.9 Å². The molecule has 9 nitrogen and oxygen atoms in total. The van der Waals surface area contributed by atoms with Gasteiger partial charge >= 0.3 is 5.97 Å². The fourth-order valence-corrected chi connectivity index (χ4v) is 5.01. The van der Waals surface area contributed by atoms with Crippen LogP contribution in [0.4, 0.5) is 11.5 Å². The Morgan fingerprint density at radius 1 is 0.951 bits per heavy atom. The number of hydrazine groups is 1. The summed E-state index contributed by atoms with van der Waals surface area (Å²) in [6.07, 6.45) is 1.66. The van der Waals surface area contributed by atoms with Gasteiger partial charge < -0.3 is 14.6 Å². The molecule has 2 aromatic heterocycles. The van der Waals surface area contributed by atoms with Crippen LogP contribution in [0.1, 0.15) is 48.4 Å². The fraction of sp³-hybridized carbons (Fsp3) is 0.312. The summed E-state index contributed by atoms with van der Waals surface area (Å²) in [5.41, 5.74) is 5.18. The minimum absolute atomic E-state index is 0.131. The molecule has 1 amide bonds. The number of ether oxygens (including phenoxy) is 1. The molecule has 41 heavy (non-hydrogen) atoms. The Labute approximate surface area is 240 Å². The summed E-state index contributed by atoms with van der Waals surface area (Å²) in [4.78, 5) is 29.9. The average Bonchev–Trinajstić information content (AvgIpc) is 3.72. The standard InChI is InChI=1S/C32H35N5O4/c1-6-37(36(4)5)30(38)26-9-8-10-27(33-26)34-28-21(3)35-41-29(28)24-13-11-22(12-14-24)23-15-17-25(18-16-23)32(19-20-32)31(39)40-7-2/h8-18H,6-7,19-20H2,1-5H3,(H,33,34). The smallest absolute Gasteiger partial charge is 0.316 e. The van der Waals surface area contributed by atoms with Gasteiger partial charge in [0.05, 0.1) is 12.0 Å². The molecule has 2 heterocycles. The van der Waals surface area contributed by atoms with Crippen molar-refractivity contribution < 1.29 is 18.8 Å². The number of hydrogen-bond acceptors (Lipinski definition) is 8. The van der Waals surface area contributed by atoms with E-state index in [1.165, 1.54) is 0 Å². The zero-order valence-electron chi connectivity index (χ0n) is 24.1. The third kappa shape index (κ3) is 5.58. The highest BCUT2D eigenvalue weighted by Gasteiger charge is 2.52. The highest BCUT2D eigenvalue weighted by Crippen LogP contribution is 2.49. The molecule has 4 aromatic rings. The lowest BCUT2D eigenvalue weighted by Crippen LogP contribution is -2.42. The Balaban J connectivity index is 1.34. The van der Waals surface area contributed by atoms with Crippen molar-refractivity contribution in [2.75, 3.05) is 32.6 Å². The number of nitrogens with one attached hydrogen (secondary N) is 1. The van der Waals surface area contributed by atoms with Crippen LogP contribution in [0.25, 0.3) is 22.5 Å². The summed E-state index contributed by atoms with van der Waals surface area (Å²) >= 11 is 0. The number of benzene rings is 2. The maximum absolute atomic E-state index is 12.9. The number of rotatable bonds is 10. The Morgan fingerprint density at radius 3 is 2.17 bits per heavy atom. The van der Waals surface area contributed by atoms with E-state index in [0.29, 0.717) is 41.8 Å². The van der Waals surface area contributed by atoms with Gasteiger partial charge in [-0.25, -0.2) is 9.99 Å². The van der Waals surface area contributed by atoms with Crippen LogP contribution in [0.5, 0.6) is 0 Å². The minimum atomic E-state index is -0.477. The lowest BCUT2D eigenvalue weighted by molar-refractivity contribution is -0.146. The van der Waals surface area contributed by atoms with E-state index in [0.717, 1.165) is 35.1 Å². The molecule has 0 atom stereocenters. The van der Waals surface area contributed by atoms with Gasteiger partial charge in [0.25, 0.3) is 5.91 Å². The van der Waals surface area contributed by atoms with Crippen LogP contribution in [-0.2, 0) is 14.9 Å². The monoisotopic (exact) mass is 553 g/mol. The minimum Gasteiger partial charge on any atom is -0.465 e. The fourth-order valence-electron chi connectivity index (χ4n) is 5.01. The zero-order valence-corrected chi connectivity index (χ0v) is 24.1. The second kappa shape index (κ2) is 11.5. The summed E-state index contributed by atoms with van der Waals surface area (Å²) in [6, 6.07) is 21.5. The molecule has 0 bridgehead atoms. The quantitative estimate of drug-likeness (QED) is 0.189. The third-order valence-corrected chi connectivity index (χ3v) is 7.43. The number of anilines is 2. The maximum Gasteiger partial charge on any atom is 0.316 e. The highest BCUT2D eigenvalue weighted by atomic mass is 16.5. The second-order valence-corrected chi connectivity index (χ2v) is 10.3. The Hall–Kier alpha value is -4.50. The predicted octanol–water partition coefficient (Wildman–Crippen LogP) is 5.99. The van der Waals surface area contributed by atoms with Crippen molar-refractivity contribution >= 4 is 23.4 Å². The number of esters is 1. The third-order valence-electron chi connectivity index (χ3n) is 7.43. The topological polar surface area (TPSA) is 101 Å². The van der Waals surface area contributed by atoms with Crippen LogP contribution in [0.15, 0.2) is 71.3 Å². The average molecular weight is 554 g/mol. The summed E-state index contributed by atoms with van der Waals surface area (Å²) in [5, 5.41) is 10.8. The van der Waals surface area contributed by atoms with Gasteiger partial charge in [0.15, 0.2) is 5.76 Å². The molecule has 1 saturated carbocycles. The summed E-state index contributed by atoms with van der Waals surface area (Å²) in [5.74, 6) is 0.789. The van der Waals surface area contributed by atoms with Crippen molar-refractivity contribution in [3.05, 3.63) is 83.7 Å². The van der Waals surface area contributed by atoms with Gasteiger partial charge in [-0.3, -0.25) is 14.6 Å². The van der Waals surface area contributed by atoms with Crippen molar-refractivity contribution in [2.24, 2.45) is 0 Å². The number of carbonyl (C=O) groups is 2. The molecule has 2 aromatic carbocycles. The second-order valence-electron chi connectivity index (χ2n) is 10.3. The van der Waals surface area contributed by atoms with Crippen LogP contribution in [0.2, 0.25) is 0 Å². The predicted molar refractivity (Wildman–Crippen MR) is 158 cm³/mol.